The number of carbonyl (C=O) groups is 1. The fraction of sp³-hybridized carbons (Fsp3) is 0.154. The summed E-state index contributed by atoms with van der Waals surface area (Å²) in [5.74, 6) is -0.539. The zero-order valence-electron chi connectivity index (χ0n) is 18.0. The predicted octanol–water partition coefficient (Wildman–Crippen LogP) is 5.69. The van der Waals surface area contributed by atoms with Crippen molar-refractivity contribution in [2.24, 2.45) is 4.99 Å². The zero-order valence-corrected chi connectivity index (χ0v) is 18.8. The van der Waals surface area contributed by atoms with Crippen molar-refractivity contribution in [1.29, 1.82) is 0 Å². The second-order valence-electron chi connectivity index (χ2n) is 8.07. The van der Waals surface area contributed by atoms with Crippen LogP contribution in [0.1, 0.15) is 23.1 Å². The first-order valence-electron chi connectivity index (χ1n) is 10.8. The van der Waals surface area contributed by atoms with Crippen LogP contribution in [0.3, 0.4) is 0 Å². The van der Waals surface area contributed by atoms with Crippen LogP contribution < -0.4 is 5.32 Å². The van der Waals surface area contributed by atoms with E-state index < -0.39 is 12.1 Å². The summed E-state index contributed by atoms with van der Waals surface area (Å²) in [5.41, 5.74) is 5.47. The Morgan fingerprint density at radius 1 is 1.21 bits per heavy atom. The van der Waals surface area contributed by atoms with Crippen LogP contribution in [0.5, 0.6) is 0 Å². The molecule has 2 aliphatic rings. The van der Waals surface area contributed by atoms with Crippen LogP contribution in [0.15, 0.2) is 77.5 Å². The third-order valence-corrected chi connectivity index (χ3v) is 5.90. The maximum atomic E-state index is 14.8. The first-order valence-corrected chi connectivity index (χ1v) is 11.2. The van der Waals surface area contributed by atoms with Gasteiger partial charge < -0.3 is 10.4 Å². The van der Waals surface area contributed by atoms with Gasteiger partial charge in [-0.15, -0.1) is 0 Å². The van der Waals surface area contributed by atoms with Crippen molar-refractivity contribution in [3.8, 4) is 11.3 Å². The van der Waals surface area contributed by atoms with Crippen LogP contribution in [0, 0.1) is 0 Å². The Kier molecular flexibility index (Phi) is 5.94. The lowest BCUT2D eigenvalue weighted by Gasteiger charge is -2.18. The van der Waals surface area contributed by atoms with Gasteiger partial charge in [0.2, 0.25) is 5.95 Å². The number of benzene rings is 2. The van der Waals surface area contributed by atoms with Gasteiger partial charge in [-0.05, 0) is 29.8 Å². The van der Waals surface area contributed by atoms with Gasteiger partial charge in [-0.3, -0.25) is 9.79 Å². The maximum absolute atomic E-state index is 14.8. The number of carboxylic acids is 1. The molecule has 2 N–H and O–H groups in total. The van der Waals surface area contributed by atoms with Crippen molar-refractivity contribution in [2.75, 3.05) is 5.32 Å². The van der Waals surface area contributed by atoms with Crippen LogP contribution >= 0.6 is 11.6 Å². The Hall–Kier alpha value is -3.84. The van der Waals surface area contributed by atoms with Crippen molar-refractivity contribution in [1.82, 2.24) is 9.97 Å². The van der Waals surface area contributed by atoms with E-state index >= 15 is 0 Å². The van der Waals surface area contributed by atoms with Gasteiger partial charge in [0, 0.05) is 45.6 Å². The number of carboxylic acid groups (broad SMARTS) is 1. The molecule has 0 fully saturated rings. The molecule has 170 valence electrons. The lowest BCUT2D eigenvalue weighted by Crippen LogP contribution is -2.17. The Bertz CT molecular complexity index is 1380. The maximum Gasteiger partial charge on any atom is 0.307 e. The van der Waals surface area contributed by atoms with Gasteiger partial charge in [0.1, 0.15) is 6.17 Å². The van der Waals surface area contributed by atoms with Gasteiger partial charge >= 0.3 is 5.97 Å². The topological polar surface area (TPSA) is 87.5 Å². The van der Waals surface area contributed by atoms with Crippen molar-refractivity contribution in [3.05, 3.63) is 94.2 Å². The van der Waals surface area contributed by atoms with Crippen molar-refractivity contribution >= 4 is 34.9 Å². The molecule has 2 aromatic carbocycles. The summed E-state index contributed by atoms with van der Waals surface area (Å²) in [6, 6.07) is 12.5. The molecule has 0 saturated heterocycles. The second-order valence-corrected chi connectivity index (χ2v) is 8.51. The number of nitrogens with zero attached hydrogens (tertiary/aromatic N) is 3. The number of nitrogens with one attached hydrogen (secondary N) is 1. The van der Waals surface area contributed by atoms with E-state index in [1.54, 1.807) is 48.7 Å². The van der Waals surface area contributed by atoms with Gasteiger partial charge in [-0.25, -0.2) is 14.4 Å². The van der Waals surface area contributed by atoms with Gasteiger partial charge in [-0.1, -0.05) is 48.0 Å². The van der Waals surface area contributed by atoms with Gasteiger partial charge in [0.05, 0.1) is 24.4 Å². The molecule has 1 aromatic heterocycles. The third kappa shape index (κ3) is 4.47. The molecule has 1 aliphatic carbocycles. The Labute approximate surface area is 200 Å². The summed E-state index contributed by atoms with van der Waals surface area (Å²) in [5, 5.41) is 12.7. The molecule has 1 aliphatic heterocycles. The van der Waals surface area contributed by atoms with Crippen molar-refractivity contribution in [2.45, 2.75) is 25.6 Å². The highest BCUT2D eigenvalue weighted by Crippen LogP contribution is 2.35. The number of halogens is 2. The second kappa shape index (κ2) is 9.19. The number of fused-ring (bicyclic) bond motifs is 3. The molecule has 5 rings (SSSR count). The highest BCUT2D eigenvalue weighted by atomic mass is 35.5. The van der Waals surface area contributed by atoms with E-state index in [-0.39, 0.29) is 6.42 Å². The van der Waals surface area contributed by atoms with Crippen molar-refractivity contribution < 1.29 is 14.3 Å². The van der Waals surface area contributed by atoms with Gasteiger partial charge in [0.15, 0.2) is 0 Å². The van der Waals surface area contributed by atoms with E-state index in [1.807, 2.05) is 18.2 Å². The molecule has 1 atom stereocenters. The van der Waals surface area contributed by atoms with Gasteiger partial charge in [0.25, 0.3) is 0 Å². The Morgan fingerprint density at radius 2 is 2.09 bits per heavy atom. The molecular formula is C26H20ClFN4O2. The molecule has 1 unspecified atom stereocenters. The zero-order chi connectivity index (χ0) is 23.7. The number of hydrogen-bond acceptors (Lipinski definition) is 5. The standard InChI is InChI=1S/C26H20ClFN4O2/c27-17-8-9-19-21(12-17)25(20-6-1-2-7-22(20)28)29-13-16-14-30-26(32-24(16)19)31-18-5-3-4-15(10-18)11-23(33)34/h1-6,8-10,12,14,22H,7,11,13H2,(H,33,34)(H,30,31,32). The monoisotopic (exact) mass is 474 g/mol. The number of aliphatic imine (C=N–C) groups is 1. The van der Waals surface area contributed by atoms with Crippen LogP contribution in [-0.4, -0.2) is 32.9 Å². The summed E-state index contributed by atoms with van der Waals surface area (Å²) >= 11 is 6.32. The highest BCUT2D eigenvalue weighted by molar-refractivity contribution is 6.31. The average molecular weight is 475 g/mol. The fourth-order valence-corrected chi connectivity index (χ4v) is 4.29. The lowest BCUT2D eigenvalue weighted by molar-refractivity contribution is -0.136. The van der Waals surface area contributed by atoms with E-state index in [1.165, 1.54) is 0 Å². The molecule has 2 heterocycles. The molecule has 0 bridgehead atoms. The number of rotatable bonds is 5. The minimum absolute atomic E-state index is 0.0740. The van der Waals surface area contributed by atoms with Gasteiger partial charge in [-0.2, -0.15) is 0 Å². The van der Waals surface area contributed by atoms with Crippen LogP contribution in [0.4, 0.5) is 16.0 Å². The van der Waals surface area contributed by atoms with E-state index in [2.05, 4.69) is 10.3 Å². The van der Waals surface area contributed by atoms with E-state index in [0.717, 1.165) is 16.7 Å². The summed E-state index contributed by atoms with van der Waals surface area (Å²) < 4.78 is 14.8. The molecule has 0 radical (unpaired) electrons. The smallest absolute Gasteiger partial charge is 0.307 e. The number of hydrogen-bond donors (Lipinski definition) is 2. The predicted molar refractivity (Wildman–Crippen MR) is 131 cm³/mol. The molecule has 0 saturated carbocycles. The summed E-state index contributed by atoms with van der Waals surface area (Å²) in [7, 11) is 0. The third-order valence-electron chi connectivity index (χ3n) is 5.67. The van der Waals surface area contributed by atoms with Crippen LogP contribution in [0.2, 0.25) is 5.02 Å². The molecule has 0 spiro atoms. The number of anilines is 2. The molecular weight excluding hydrogens is 455 g/mol. The Morgan fingerprint density at radius 3 is 2.91 bits per heavy atom. The first kappa shape index (κ1) is 22.0. The van der Waals surface area contributed by atoms with Crippen LogP contribution in [0.25, 0.3) is 11.3 Å². The largest absolute Gasteiger partial charge is 0.481 e. The first-order chi connectivity index (χ1) is 16.5. The molecule has 0 amide bonds. The molecule has 34 heavy (non-hydrogen) atoms. The number of allylic oxidation sites excluding steroid dienone is 4. The molecule has 3 aromatic rings. The van der Waals surface area contributed by atoms with E-state index in [4.69, 9.17) is 26.7 Å². The van der Waals surface area contributed by atoms with E-state index in [0.29, 0.717) is 52.2 Å². The summed E-state index contributed by atoms with van der Waals surface area (Å²) in [6.45, 7) is 0.305. The van der Waals surface area contributed by atoms with E-state index in [9.17, 15) is 9.18 Å². The summed E-state index contributed by atoms with van der Waals surface area (Å²) in [4.78, 5) is 24.9. The van der Waals surface area contributed by atoms with Crippen LogP contribution in [-0.2, 0) is 17.8 Å². The SMILES string of the molecule is O=C(O)Cc1cccc(Nc2ncc3c(n2)-c2ccc(Cl)cc2C(C2=CC=CCC2F)=NC3)c1. The number of alkyl halides is 1. The minimum Gasteiger partial charge on any atom is -0.481 e. The average Bonchev–Trinajstić information content (AvgIpc) is 2.96. The fourth-order valence-electron chi connectivity index (χ4n) is 4.12. The summed E-state index contributed by atoms with van der Waals surface area (Å²) in [6.07, 6.45) is 6.20. The Balaban J connectivity index is 1.54. The lowest BCUT2D eigenvalue weighted by atomic mass is 9.90. The number of aromatic nitrogens is 2. The minimum atomic E-state index is -1.14. The quantitative estimate of drug-likeness (QED) is 0.495. The number of aliphatic carboxylic acids is 1. The normalized spacial score (nSPS) is 16.6. The molecule has 8 heteroatoms. The van der Waals surface area contributed by atoms with Crippen molar-refractivity contribution in [3.63, 3.8) is 0 Å². The molecule has 6 nitrogen and oxygen atoms in total. The highest BCUT2D eigenvalue weighted by Gasteiger charge is 2.26.